The molecule has 0 radical (unpaired) electrons. The fourth-order valence-corrected chi connectivity index (χ4v) is 2.87. The summed E-state index contributed by atoms with van der Waals surface area (Å²) in [5, 5.41) is 3.43. The smallest absolute Gasteiger partial charge is 0.0437 e. The lowest BCUT2D eigenvalue weighted by molar-refractivity contribution is 0.722. The lowest BCUT2D eigenvalue weighted by Gasteiger charge is -2.24. The van der Waals surface area contributed by atoms with Crippen molar-refractivity contribution in [2.75, 3.05) is 18.5 Å². The van der Waals surface area contributed by atoms with E-state index < -0.39 is 0 Å². The Kier molecular flexibility index (Phi) is 5.83. The first-order valence-corrected chi connectivity index (χ1v) is 8.16. The molecule has 2 aromatic rings. The van der Waals surface area contributed by atoms with Crippen LogP contribution in [0.4, 0.5) is 5.69 Å². The van der Waals surface area contributed by atoms with Gasteiger partial charge in [-0.3, -0.25) is 0 Å². The molecular formula is C18H23BrN2. The maximum absolute atomic E-state index is 3.63. The van der Waals surface area contributed by atoms with Crippen molar-refractivity contribution in [3.05, 3.63) is 63.6 Å². The highest BCUT2D eigenvalue weighted by Gasteiger charge is 2.09. The minimum absolute atomic E-state index is 0.892. The van der Waals surface area contributed by atoms with E-state index in [1.807, 2.05) is 0 Å². The second kappa shape index (κ2) is 7.62. The number of halogens is 1. The van der Waals surface area contributed by atoms with Gasteiger partial charge in [-0.2, -0.15) is 0 Å². The molecule has 0 amide bonds. The Morgan fingerprint density at radius 1 is 1.10 bits per heavy atom. The normalized spacial score (nSPS) is 10.7. The molecule has 0 aliphatic heterocycles. The van der Waals surface area contributed by atoms with Crippen LogP contribution in [0.1, 0.15) is 23.6 Å². The molecule has 0 fully saturated rings. The standard InChI is InChI=1S/C18H23BrN2/c1-4-20-12-16-11-14(2)9-10-18(16)21(3)13-15-7-5-6-8-17(15)19/h5-11,20H,4,12-13H2,1-3H3. The predicted octanol–water partition coefficient (Wildman–Crippen LogP) is 4.50. The Labute approximate surface area is 136 Å². The molecule has 0 spiro atoms. The number of hydrogen-bond acceptors (Lipinski definition) is 2. The van der Waals surface area contributed by atoms with Crippen molar-refractivity contribution in [3.8, 4) is 0 Å². The van der Waals surface area contributed by atoms with Crippen LogP contribution in [0.15, 0.2) is 46.9 Å². The Hall–Kier alpha value is -1.32. The van der Waals surface area contributed by atoms with Gasteiger partial charge in [0.25, 0.3) is 0 Å². The summed E-state index contributed by atoms with van der Waals surface area (Å²) in [6, 6.07) is 15.1. The zero-order chi connectivity index (χ0) is 15.2. The Morgan fingerprint density at radius 2 is 1.86 bits per heavy atom. The van der Waals surface area contributed by atoms with Gasteiger partial charge in [0.2, 0.25) is 0 Å². The van der Waals surface area contributed by atoms with Crippen LogP contribution in [-0.4, -0.2) is 13.6 Å². The van der Waals surface area contributed by atoms with E-state index in [9.17, 15) is 0 Å². The Bertz CT molecular complexity index is 596. The number of aryl methyl sites for hydroxylation is 1. The van der Waals surface area contributed by atoms with Crippen LogP contribution in [0.5, 0.6) is 0 Å². The van der Waals surface area contributed by atoms with E-state index >= 15 is 0 Å². The van der Waals surface area contributed by atoms with Crippen LogP contribution in [0, 0.1) is 6.92 Å². The summed E-state index contributed by atoms with van der Waals surface area (Å²) in [6.45, 7) is 7.08. The zero-order valence-corrected chi connectivity index (χ0v) is 14.6. The molecule has 0 aromatic heterocycles. The van der Waals surface area contributed by atoms with Crippen molar-refractivity contribution in [2.45, 2.75) is 26.9 Å². The van der Waals surface area contributed by atoms with Crippen LogP contribution in [0.3, 0.4) is 0 Å². The second-order valence-electron chi connectivity index (χ2n) is 5.36. The Morgan fingerprint density at radius 3 is 2.57 bits per heavy atom. The lowest BCUT2D eigenvalue weighted by atomic mass is 10.1. The van der Waals surface area contributed by atoms with Crippen molar-refractivity contribution in [2.24, 2.45) is 0 Å². The minimum atomic E-state index is 0.892. The van der Waals surface area contributed by atoms with Gasteiger partial charge in [0.1, 0.15) is 0 Å². The van der Waals surface area contributed by atoms with Gasteiger partial charge >= 0.3 is 0 Å². The third-order valence-corrected chi connectivity index (χ3v) is 4.35. The maximum Gasteiger partial charge on any atom is 0.0437 e. The first kappa shape index (κ1) is 16.1. The van der Waals surface area contributed by atoms with Crippen molar-refractivity contribution in [1.82, 2.24) is 5.32 Å². The average Bonchev–Trinajstić information content (AvgIpc) is 2.47. The van der Waals surface area contributed by atoms with E-state index in [4.69, 9.17) is 0 Å². The first-order chi connectivity index (χ1) is 10.1. The summed E-state index contributed by atoms with van der Waals surface area (Å²) >= 11 is 3.63. The molecule has 112 valence electrons. The third-order valence-electron chi connectivity index (χ3n) is 3.58. The van der Waals surface area contributed by atoms with E-state index in [0.29, 0.717) is 0 Å². The SMILES string of the molecule is CCNCc1cc(C)ccc1N(C)Cc1ccccc1Br. The van der Waals surface area contributed by atoms with Crippen LogP contribution in [0.25, 0.3) is 0 Å². The molecule has 0 saturated carbocycles. The van der Waals surface area contributed by atoms with Crippen molar-refractivity contribution in [1.29, 1.82) is 0 Å². The third kappa shape index (κ3) is 4.32. The molecular weight excluding hydrogens is 324 g/mol. The highest BCUT2D eigenvalue weighted by molar-refractivity contribution is 9.10. The van der Waals surface area contributed by atoms with Gasteiger partial charge in [0.15, 0.2) is 0 Å². The minimum Gasteiger partial charge on any atom is -0.370 e. The molecule has 2 nitrogen and oxygen atoms in total. The van der Waals surface area contributed by atoms with Gasteiger partial charge in [0.05, 0.1) is 0 Å². The fourth-order valence-electron chi connectivity index (χ4n) is 2.46. The van der Waals surface area contributed by atoms with E-state index in [1.165, 1.54) is 22.4 Å². The number of nitrogens with zero attached hydrogens (tertiary/aromatic N) is 1. The molecule has 0 aliphatic rings. The van der Waals surface area contributed by atoms with Crippen molar-refractivity contribution < 1.29 is 0 Å². The van der Waals surface area contributed by atoms with E-state index in [-0.39, 0.29) is 0 Å². The lowest BCUT2D eigenvalue weighted by Crippen LogP contribution is -2.21. The monoisotopic (exact) mass is 346 g/mol. The van der Waals surface area contributed by atoms with Crippen molar-refractivity contribution >= 4 is 21.6 Å². The van der Waals surface area contributed by atoms with Crippen LogP contribution >= 0.6 is 15.9 Å². The summed E-state index contributed by atoms with van der Waals surface area (Å²) < 4.78 is 1.16. The van der Waals surface area contributed by atoms with Crippen LogP contribution in [-0.2, 0) is 13.1 Å². The number of hydrogen-bond donors (Lipinski definition) is 1. The van der Waals surface area contributed by atoms with Crippen LogP contribution < -0.4 is 10.2 Å². The van der Waals surface area contributed by atoms with Crippen molar-refractivity contribution in [3.63, 3.8) is 0 Å². The summed E-state index contributed by atoms with van der Waals surface area (Å²) in [5.74, 6) is 0. The van der Waals surface area contributed by atoms with Gasteiger partial charge in [0, 0.05) is 30.3 Å². The quantitative estimate of drug-likeness (QED) is 0.828. The molecule has 3 heteroatoms. The molecule has 1 N–H and O–H groups in total. The van der Waals surface area contributed by atoms with Gasteiger partial charge in [-0.25, -0.2) is 0 Å². The number of anilines is 1. The van der Waals surface area contributed by atoms with Gasteiger partial charge in [-0.05, 0) is 36.7 Å². The van der Waals surface area contributed by atoms with E-state index in [2.05, 4.69) is 89.5 Å². The first-order valence-electron chi connectivity index (χ1n) is 7.36. The summed E-state index contributed by atoms with van der Waals surface area (Å²) in [7, 11) is 2.15. The highest BCUT2D eigenvalue weighted by atomic mass is 79.9. The fraction of sp³-hybridized carbons (Fsp3) is 0.333. The molecule has 0 unspecified atom stereocenters. The molecule has 2 rings (SSSR count). The molecule has 2 aromatic carbocycles. The zero-order valence-electron chi connectivity index (χ0n) is 13.0. The van der Waals surface area contributed by atoms with Crippen LogP contribution in [0.2, 0.25) is 0 Å². The van der Waals surface area contributed by atoms with E-state index in [1.54, 1.807) is 0 Å². The number of benzene rings is 2. The topological polar surface area (TPSA) is 15.3 Å². The van der Waals surface area contributed by atoms with Gasteiger partial charge in [-0.1, -0.05) is 58.7 Å². The summed E-state index contributed by atoms with van der Waals surface area (Å²) in [4.78, 5) is 2.31. The molecule has 0 saturated heterocycles. The number of nitrogens with one attached hydrogen (secondary N) is 1. The predicted molar refractivity (Wildman–Crippen MR) is 94.8 cm³/mol. The molecule has 0 bridgehead atoms. The van der Waals surface area contributed by atoms with Gasteiger partial charge < -0.3 is 10.2 Å². The number of rotatable bonds is 6. The molecule has 0 atom stereocenters. The largest absolute Gasteiger partial charge is 0.370 e. The van der Waals surface area contributed by atoms with E-state index in [0.717, 1.165) is 24.1 Å². The second-order valence-corrected chi connectivity index (χ2v) is 6.21. The summed E-state index contributed by atoms with van der Waals surface area (Å²) in [6.07, 6.45) is 0. The van der Waals surface area contributed by atoms with Gasteiger partial charge in [-0.15, -0.1) is 0 Å². The average molecular weight is 347 g/mol. The molecule has 21 heavy (non-hydrogen) atoms. The maximum atomic E-state index is 3.63. The molecule has 0 aliphatic carbocycles. The summed E-state index contributed by atoms with van der Waals surface area (Å²) in [5.41, 5.74) is 5.25. The molecule has 0 heterocycles. The highest BCUT2D eigenvalue weighted by Crippen LogP contribution is 2.25. The Balaban J connectivity index is 2.22.